The maximum Gasteiger partial charge on any atom is 0.185 e. The van der Waals surface area contributed by atoms with Gasteiger partial charge in [0.2, 0.25) is 0 Å². The predicted octanol–water partition coefficient (Wildman–Crippen LogP) is 5.71. The van der Waals surface area contributed by atoms with E-state index in [1.807, 2.05) is 18.2 Å². The summed E-state index contributed by atoms with van der Waals surface area (Å²) in [4.78, 5) is 10.6. The molecule has 0 saturated heterocycles. The monoisotopic (exact) mass is 362 g/mol. The SMILES string of the molecule is Fc1ccccc1CN=Nc1ncnc2sc(Cc3ccccc3)cc12. The Morgan fingerprint density at radius 3 is 2.62 bits per heavy atom. The third kappa shape index (κ3) is 3.65. The fourth-order valence-corrected chi connectivity index (χ4v) is 3.69. The molecule has 0 fully saturated rings. The van der Waals surface area contributed by atoms with Crippen LogP contribution in [0.25, 0.3) is 10.2 Å². The fraction of sp³-hybridized carbons (Fsp3) is 0.100. The summed E-state index contributed by atoms with van der Waals surface area (Å²) in [6.45, 7) is 0.180. The van der Waals surface area contributed by atoms with Gasteiger partial charge in [-0.25, -0.2) is 14.4 Å². The lowest BCUT2D eigenvalue weighted by Gasteiger charge is -1.97. The Labute approximate surface area is 154 Å². The van der Waals surface area contributed by atoms with Crippen LogP contribution in [0.5, 0.6) is 0 Å². The van der Waals surface area contributed by atoms with Crippen LogP contribution in [0, 0.1) is 5.82 Å². The van der Waals surface area contributed by atoms with Crippen LogP contribution in [0.4, 0.5) is 10.2 Å². The number of benzene rings is 2. The smallest absolute Gasteiger partial charge is 0.185 e. The molecule has 0 saturated carbocycles. The molecule has 4 rings (SSSR count). The first-order valence-corrected chi connectivity index (χ1v) is 8.99. The maximum absolute atomic E-state index is 13.7. The average molecular weight is 362 g/mol. The van der Waals surface area contributed by atoms with Gasteiger partial charge in [-0.1, -0.05) is 48.5 Å². The largest absolute Gasteiger partial charge is 0.225 e. The molecule has 0 aliphatic heterocycles. The molecule has 0 unspecified atom stereocenters. The fourth-order valence-electron chi connectivity index (χ4n) is 2.66. The zero-order valence-corrected chi connectivity index (χ0v) is 14.7. The van der Waals surface area contributed by atoms with Crippen molar-refractivity contribution < 1.29 is 4.39 Å². The molecule has 26 heavy (non-hydrogen) atoms. The Morgan fingerprint density at radius 1 is 0.962 bits per heavy atom. The predicted molar refractivity (Wildman–Crippen MR) is 101 cm³/mol. The van der Waals surface area contributed by atoms with Crippen molar-refractivity contribution in [1.29, 1.82) is 0 Å². The highest BCUT2D eigenvalue weighted by Gasteiger charge is 2.09. The van der Waals surface area contributed by atoms with E-state index in [2.05, 4.69) is 38.4 Å². The molecule has 0 spiro atoms. The van der Waals surface area contributed by atoms with Crippen molar-refractivity contribution in [2.75, 3.05) is 0 Å². The van der Waals surface area contributed by atoms with Crippen LogP contribution >= 0.6 is 11.3 Å². The molecule has 6 heteroatoms. The molecule has 0 bridgehead atoms. The van der Waals surface area contributed by atoms with Crippen molar-refractivity contribution in [2.24, 2.45) is 10.2 Å². The summed E-state index contributed by atoms with van der Waals surface area (Å²) in [5.41, 5.74) is 1.76. The Hall–Kier alpha value is -2.99. The van der Waals surface area contributed by atoms with Gasteiger partial charge in [-0.15, -0.1) is 16.5 Å². The van der Waals surface area contributed by atoms with Crippen LogP contribution in [0.15, 0.2) is 77.2 Å². The first-order valence-electron chi connectivity index (χ1n) is 8.18. The van der Waals surface area contributed by atoms with Crippen molar-refractivity contribution in [3.63, 3.8) is 0 Å². The highest BCUT2D eigenvalue weighted by atomic mass is 32.1. The van der Waals surface area contributed by atoms with Gasteiger partial charge in [0.25, 0.3) is 0 Å². The van der Waals surface area contributed by atoms with E-state index in [1.165, 1.54) is 22.8 Å². The molecular weight excluding hydrogens is 347 g/mol. The van der Waals surface area contributed by atoms with Crippen LogP contribution in [0.3, 0.4) is 0 Å². The van der Waals surface area contributed by atoms with E-state index in [1.54, 1.807) is 29.5 Å². The lowest BCUT2D eigenvalue weighted by atomic mass is 10.1. The van der Waals surface area contributed by atoms with Gasteiger partial charge in [0.15, 0.2) is 5.82 Å². The average Bonchev–Trinajstić information content (AvgIpc) is 3.07. The van der Waals surface area contributed by atoms with Gasteiger partial charge >= 0.3 is 0 Å². The molecule has 2 heterocycles. The summed E-state index contributed by atoms with van der Waals surface area (Å²) >= 11 is 1.63. The number of thiophene rings is 1. The quantitative estimate of drug-likeness (QED) is 0.427. The Morgan fingerprint density at radius 2 is 1.77 bits per heavy atom. The second kappa shape index (κ2) is 7.49. The number of hydrogen-bond donors (Lipinski definition) is 0. The molecule has 0 aliphatic carbocycles. The van der Waals surface area contributed by atoms with E-state index < -0.39 is 0 Å². The van der Waals surface area contributed by atoms with Crippen LogP contribution in [0.1, 0.15) is 16.0 Å². The first kappa shape index (κ1) is 16.5. The summed E-state index contributed by atoms with van der Waals surface area (Å²) in [7, 11) is 0. The highest BCUT2D eigenvalue weighted by molar-refractivity contribution is 7.18. The highest BCUT2D eigenvalue weighted by Crippen LogP contribution is 2.31. The number of halogens is 1. The molecule has 4 nitrogen and oxygen atoms in total. The minimum absolute atomic E-state index is 0.180. The second-order valence-corrected chi connectivity index (χ2v) is 6.90. The van der Waals surface area contributed by atoms with Crippen molar-refractivity contribution >= 4 is 27.4 Å². The zero-order chi connectivity index (χ0) is 17.8. The summed E-state index contributed by atoms with van der Waals surface area (Å²) in [5.74, 6) is 0.238. The van der Waals surface area contributed by atoms with E-state index in [9.17, 15) is 4.39 Å². The molecule has 128 valence electrons. The Kier molecular flexibility index (Phi) is 4.75. The Bertz CT molecular complexity index is 1060. The number of nitrogens with zero attached hydrogens (tertiary/aromatic N) is 4. The molecule has 4 aromatic rings. The maximum atomic E-state index is 13.7. The Balaban J connectivity index is 1.57. The summed E-state index contributed by atoms with van der Waals surface area (Å²) in [5, 5.41) is 9.20. The molecule has 0 N–H and O–H groups in total. The molecular formula is C20H15FN4S. The molecule has 2 aromatic carbocycles. The topological polar surface area (TPSA) is 50.5 Å². The third-order valence-corrected chi connectivity index (χ3v) is 4.99. The zero-order valence-electron chi connectivity index (χ0n) is 13.8. The van der Waals surface area contributed by atoms with E-state index in [4.69, 9.17) is 0 Å². The van der Waals surface area contributed by atoms with Crippen LogP contribution in [-0.4, -0.2) is 9.97 Å². The molecule has 0 aliphatic rings. The molecule has 0 radical (unpaired) electrons. The summed E-state index contributed by atoms with van der Waals surface area (Å²) < 4.78 is 13.7. The minimum Gasteiger partial charge on any atom is -0.225 e. The van der Waals surface area contributed by atoms with Gasteiger partial charge in [-0.3, -0.25) is 0 Å². The van der Waals surface area contributed by atoms with Gasteiger partial charge < -0.3 is 0 Å². The van der Waals surface area contributed by atoms with Gasteiger partial charge in [0.05, 0.1) is 11.9 Å². The number of rotatable bonds is 5. The van der Waals surface area contributed by atoms with Crippen molar-refractivity contribution in [2.45, 2.75) is 13.0 Å². The van der Waals surface area contributed by atoms with E-state index in [0.717, 1.165) is 16.6 Å². The van der Waals surface area contributed by atoms with Gasteiger partial charge in [-0.05, 0) is 17.7 Å². The normalized spacial score (nSPS) is 11.4. The lowest BCUT2D eigenvalue weighted by Crippen LogP contribution is -1.86. The van der Waals surface area contributed by atoms with Gasteiger partial charge in [0, 0.05) is 16.9 Å². The third-order valence-electron chi connectivity index (χ3n) is 3.94. The van der Waals surface area contributed by atoms with Crippen LogP contribution in [0.2, 0.25) is 0 Å². The lowest BCUT2D eigenvalue weighted by molar-refractivity contribution is 0.609. The van der Waals surface area contributed by atoms with E-state index in [0.29, 0.717) is 11.4 Å². The second-order valence-electron chi connectivity index (χ2n) is 5.78. The number of aromatic nitrogens is 2. The number of azo groups is 1. The first-order chi connectivity index (χ1) is 12.8. The van der Waals surface area contributed by atoms with Gasteiger partial charge in [0.1, 0.15) is 17.0 Å². The van der Waals surface area contributed by atoms with Gasteiger partial charge in [-0.2, -0.15) is 5.11 Å². The van der Waals surface area contributed by atoms with E-state index in [-0.39, 0.29) is 12.4 Å². The summed E-state index contributed by atoms with van der Waals surface area (Å²) in [6.07, 6.45) is 2.33. The summed E-state index contributed by atoms with van der Waals surface area (Å²) in [6, 6.07) is 18.9. The van der Waals surface area contributed by atoms with Crippen molar-refractivity contribution in [1.82, 2.24) is 9.97 Å². The molecule has 0 amide bonds. The number of hydrogen-bond acceptors (Lipinski definition) is 5. The van der Waals surface area contributed by atoms with Crippen LogP contribution < -0.4 is 0 Å². The van der Waals surface area contributed by atoms with Crippen molar-refractivity contribution in [3.8, 4) is 0 Å². The minimum atomic E-state index is -0.278. The number of fused-ring (bicyclic) bond motifs is 1. The van der Waals surface area contributed by atoms with E-state index >= 15 is 0 Å². The standard InChI is InChI=1S/C20H15FN4S/c21-18-9-5-4-8-15(18)12-24-25-19-17-11-16(26-20(17)23-13-22-19)10-14-6-2-1-3-7-14/h1-9,11,13H,10,12H2. The van der Waals surface area contributed by atoms with Crippen molar-refractivity contribution in [3.05, 3.63) is 88.8 Å². The van der Waals surface area contributed by atoms with Crippen LogP contribution in [-0.2, 0) is 13.0 Å². The molecule has 0 atom stereocenters. The molecule has 2 aromatic heterocycles.